The Morgan fingerprint density at radius 2 is 2.00 bits per heavy atom. The molecule has 0 aliphatic heterocycles. The van der Waals surface area contributed by atoms with Crippen molar-refractivity contribution in [3.8, 4) is 10.6 Å². The van der Waals surface area contributed by atoms with E-state index in [0.717, 1.165) is 33.9 Å². The number of ketones is 1. The lowest BCUT2D eigenvalue weighted by atomic mass is 10.2. The molecule has 126 valence electrons. The van der Waals surface area contributed by atoms with Gasteiger partial charge in [0.15, 0.2) is 5.78 Å². The standard InChI is InChI=1S/C20H17ClN2OS/c1-3-17-12-15(10-11-22-17)20-23-13(2)19(25-20)18(24)9-6-14-4-7-16(21)8-5-14/h4-12H,3H2,1-2H3/b9-6+. The van der Waals surface area contributed by atoms with E-state index < -0.39 is 0 Å². The van der Waals surface area contributed by atoms with Crippen LogP contribution in [0, 0.1) is 6.92 Å². The van der Waals surface area contributed by atoms with Crippen molar-refractivity contribution in [2.45, 2.75) is 20.3 Å². The number of rotatable bonds is 5. The highest BCUT2D eigenvalue weighted by Gasteiger charge is 2.14. The zero-order valence-electron chi connectivity index (χ0n) is 14.0. The van der Waals surface area contributed by atoms with Gasteiger partial charge in [-0.25, -0.2) is 4.98 Å². The molecule has 0 aliphatic rings. The minimum atomic E-state index is -0.0408. The van der Waals surface area contributed by atoms with Gasteiger partial charge in [-0.15, -0.1) is 11.3 Å². The molecule has 0 unspecified atom stereocenters. The first-order valence-electron chi connectivity index (χ1n) is 7.97. The summed E-state index contributed by atoms with van der Waals surface area (Å²) in [5.41, 5.74) is 3.70. The van der Waals surface area contributed by atoms with Crippen molar-refractivity contribution >= 4 is 34.8 Å². The van der Waals surface area contributed by atoms with Gasteiger partial charge in [0.25, 0.3) is 0 Å². The lowest BCUT2D eigenvalue weighted by molar-refractivity contribution is 0.105. The first-order valence-corrected chi connectivity index (χ1v) is 9.17. The minimum absolute atomic E-state index is 0.0408. The van der Waals surface area contributed by atoms with Gasteiger partial charge in [-0.3, -0.25) is 9.78 Å². The van der Waals surface area contributed by atoms with E-state index in [1.807, 2.05) is 31.2 Å². The van der Waals surface area contributed by atoms with Gasteiger partial charge >= 0.3 is 0 Å². The van der Waals surface area contributed by atoms with E-state index in [1.165, 1.54) is 11.3 Å². The van der Waals surface area contributed by atoms with Crippen molar-refractivity contribution in [2.75, 3.05) is 0 Å². The number of pyridine rings is 1. The molecule has 2 heterocycles. The van der Waals surface area contributed by atoms with Crippen LogP contribution in [0.2, 0.25) is 5.02 Å². The van der Waals surface area contributed by atoms with E-state index >= 15 is 0 Å². The molecule has 0 radical (unpaired) electrons. The van der Waals surface area contributed by atoms with Crippen LogP contribution < -0.4 is 0 Å². The molecule has 0 aliphatic carbocycles. The maximum atomic E-state index is 12.5. The molecule has 0 atom stereocenters. The molecule has 0 amide bonds. The van der Waals surface area contributed by atoms with E-state index in [1.54, 1.807) is 30.5 Å². The largest absolute Gasteiger partial charge is 0.288 e. The Bertz CT molecular complexity index is 929. The molecule has 0 spiro atoms. The van der Waals surface area contributed by atoms with Gasteiger partial charge < -0.3 is 0 Å². The topological polar surface area (TPSA) is 42.9 Å². The second-order valence-corrected chi connectivity index (χ2v) is 7.01. The fraction of sp³-hybridized carbons (Fsp3) is 0.150. The maximum Gasteiger partial charge on any atom is 0.197 e. The van der Waals surface area contributed by atoms with Crippen LogP contribution in [-0.2, 0) is 6.42 Å². The Morgan fingerprint density at radius 1 is 1.24 bits per heavy atom. The summed E-state index contributed by atoms with van der Waals surface area (Å²) < 4.78 is 0. The molecule has 0 saturated heterocycles. The predicted octanol–water partition coefficient (Wildman–Crippen LogP) is 5.63. The molecule has 3 nitrogen and oxygen atoms in total. The Morgan fingerprint density at radius 3 is 2.72 bits per heavy atom. The molecule has 0 bridgehead atoms. The predicted molar refractivity (Wildman–Crippen MR) is 104 cm³/mol. The Kier molecular flexibility index (Phi) is 5.41. The number of hydrogen-bond acceptors (Lipinski definition) is 4. The number of carbonyl (C=O) groups is 1. The summed E-state index contributed by atoms with van der Waals surface area (Å²) in [4.78, 5) is 22.0. The van der Waals surface area contributed by atoms with E-state index in [4.69, 9.17) is 11.6 Å². The number of carbonyl (C=O) groups excluding carboxylic acids is 1. The van der Waals surface area contributed by atoms with Gasteiger partial charge in [0.2, 0.25) is 0 Å². The number of thiazole rings is 1. The molecule has 25 heavy (non-hydrogen) atoms. The Balaban J connectivity index is 1.84. The van der Waals surface area contributed by atoms with Gasteiger partial charge in [0, 0.05) is 22.5 Å². The lowest BCUT2D eigenvalue weighted by Gasteiger charge is -1.98. The summed E-state index contributed by atoms with van der Waals surface area (Å²) in [5.74, 6) is -0.0408. The van der Waals surface area contributed by atoms with Crippen molar-refractivity contribution in [1.29, 1.82) is 0 Å². The van der Waals surface area contributed by atoms with Crippen LogP contribution in [0.1, 0.15) is 33.5 Å². The van der Waals surface area contributed by atoms with Crippen LogP contribution in [0.3, 0.4) is 0 Å². The second kappa shape index (κ2) is 7.72. The van der Waals surface area contributed by atoms with Gasteiger partial charge in [-0.2, -0.15) is 0 Å². The van der Waals surface area contributed by atoms with Crippen molar-refractivity contribution < 1.29 is 4.79 Å². The highest BCUT2D eigenvalue weighted by Crippen LogP contribution is 2.28. The molecule has 0 fully saturated rings. The van der Waals surface area contributed by atoms with Gasteiger partial charge in [0.05, 0.1) is 10.6 Å². The number of aromatic nitrogens is 2. The van der Waals surface area contributed by atoms with Gasteiger partial charge in [-0.1, -0.05) is 36.7 Å². The smallest absolute Gasteiger partial charge is 0.197 e. The highest BCUT2D eigenvalue weighted by molar-refractivity contribution is 7.17. The van der Waals surface area contributed by atoms with Crippen molar-refractivity contribution in [3.63, 3.8) is 0 Å². The molecule has 3 aromatic rings. The SMILES string of the molecule is CCc1cc(-c2nc(C)c(C(=O)/C=C/c3ccc(Cl)cc3)s2)ccn1. The van der Waals surface area contributed by atoms with Crippen LogP contribution in [0.25, 0.3) is 16.6 Å². The van der Waals surface area contributed by atoms with Crippen LogP contribution in [-0.4, -0.2) is 15.8 Å². The highest BCUT2D eigenvalue weighted by atomic mass is 35.5. The third-order valence-electron chi connectivity index (χ3n) is 3.74. The molecule has 3 rings (SSSR count). The van der Waals surface area contributed by atoms with E-state index in [0.29, 0.717) is 9.90 Å². The summed E-state index contributed by atoms with van der Waals surface area (Å²) in [5, 5.41) is 1.52. The third kappa shape index (κ3) is 4.21. The molecule has 0 N–H and O–H groups in total. The monoisotopic (exact) mass is 368 g/mol. The third-order valence-corrected chi connectivity index (χ3v) is 5.22. The number of nitrogens with zero attached hydrogens (tertiary/aromatic N) is 2. The molecule has 2 aromatic heterocycles. The van der Waals surface area contributed by atoms with Crippen LogP contribution >= 0.6 is 22.9 Å². The molecule has 1 aromatic carbocycles. The second-order valence-electron chi connectivity index (χ2n) is 5.57. The first kappa shape index (κ1) is 17.5. The Hall–Kier alpha value is -2.30. The zero-order chi connectivity index (χ0) is 17.8. The average molecular weight is 369 g/mol. The quantitative estimate of drug-likeness (QED) is 0.433. The van der Waals surface area contributed by atoms with E-state index in [9.17, 15) is 4.79 Å². The van der Waals surface area contributed by atoms with E-state index in [2.05, 4.69) is 16.9 Å². The van der Waals surface area contributed by atoms with E-state index in [-0.39, 0.29) is 5.78 Å². The Labute approximate surface area is 156 Å². The number of hydrogen-bond donors (Lipinski definition) is 0. The number of halogens is 1. The summed E-state index contributed by atoms with van der Waals surface area (Å²) in [6, 6.07) is 11.3. The van der Waals surface area contributed by atoms with Crippen LogP contribution in [0.5, 0.6) is 0 Å². The molecule has 0 saturated carbocycles. The summed E-state index contributed by atoms with van der Waals surface area (Å²) in [6.45, 7) is 3.93. The normalized spacial score (nSPS) is 11.2. The summed E-state index contributed by atoms with van der Waals surface area (Å²) in [7, 11) is 0. The number of benzene rings is 1. The summed E-state index contributed by atoms with van der Waals surface area (Å²) in [6.07, 6.45) is 6.03. The fourth-order valence-corrected chi connectivity index (χ4v) is 3.48. The molecular weight excluding hydrogens is 352 g/mol. The van der Waals surface area contributed by atoms with Crippen molar-refractivity contribution in [3.05, 3.63) is 75.5 Å². The van der Waals surface area contributed by atoms with Crippen LogP contribution in [0.15, 0.2) is 48.7 Å². The van der Waals surface area contributed by atoms with Crippen LogP contribution in [0.4, 0.5) is 0 Å². The maximum absolute atomic E-state index is 12.5. The average Bonchev–Trinajstić information content (AvgIpc) is 3.03. The zero-order valence-corrected chi connectivity index (χ0v) is 15.6. The van der Waals surface area contributed by atoms with Gasteiger partial charge in [-0.05, 0) is 49.2 Å². The number of aryl methyl sites for hydroxylation is 2. The number of allylic oxidation sites excluding steroid dienone is 1. The molecule has 5 heteroatoms. The van der Waals surface area contributed by atoms with Gasteiger partial charge in [0.1, 0.15) is 5.01 Å². The first-order chi connectivity index (χ1) is 12.1. The fourth-order valence-electron chi connectivity index (χ4n) is 2.37. The summed E-state index contributed by atoms with van der Waals surface area (Å²) >= 11 is 7.29. The minimum Gasteiger partial charge on any atom is -0.288 e. The molecular formula is C20H17ClN2OS. The lowest BCUT2D eigenvalue weighted by Crippen LogP contribution is -1.93. The van der Waals surface area contributed by atoms with Crippen molar-refractivity contribution in [1.82, 2.24) is 9.97 Å². The van der Waals surface area contributed by atoms with Crippen molar-refractivity contribution in [2.24, 2.45) is 0 Å².